The minimum absolute atomic E-state index is 0.0281. The standard InChI is InChI=1S/C16H12ClFN2O5/c1-9-11(3-2-4-14(9)20(23)24)16(22)25-8-15(21)19-13-6-5-10(17)7-12(13)18/h2-7H,8H2,1H3,(H,19,21). The van der Waals surface area contributed by atoms with E-state index in [9.17, 15) is 24.1 Å². The second kappa shape index (κ2) is 7.71. The van der Waals surface area contributed by atoms with Crippen LogP contribution in [0, 0.1) is 22.9 Å². The van der Waals surface area contributed by atoms with Gasteiger partial charge in [-0.25, -0.2) is 9.18 Å². The zero-order valence-corrected chi connectivity index (χ0v) is 13.7. The molecule has 9 heteroatoms. The van der Waals surface area contributed by atoms with Gasteiger partial charge in [0, 0.05) is 16.7 Å². The van der Waals surface area contributed by atoms with E-state index in [0.29, 0.717) is 0 Å². The first-order valence-electron chi connectivity index (χ1n) is 6.95. The van der Waals surface area contributed by atoms with Gasteiger partial charge in [-0.3, -0.25) is 14.9 Å². The number of carbonyl (C=O) groups excluding carboxylic acids is 2. The van der Waals surface area contributed by atoms with E-state index in [1.807, 2.05) is 0 Å². The Morgan fingerprint density at radius 2 is 2.04 bits per heavy atom. The monoisotopic (exact) mass is 366 g/mol. The molecule has 7 nitrogen and oxygen atoms in total. The minimum atomic E-state index is -0.895. The number of nitro groups is 1. The summed E-state index contributed by atoms with van der Waals surface area (Å²) >= 11 is 5.60. The molecule has 0 bridgehead atoms. The number of halogens is 2. The third-order valence-electron chi connectivity index (χ3n) is 3.26. The number of nitrogens with zero attached hydrogens (tertiary/aromatic N) is 1. The van der Waals surface area contributed by atoms with Crippen molar-refractivity contribution in [3.05, 3.63) is 68.5 Å². The van der Waals surface area contributed by atoms with Crippen LogP contribution in [0.1, 0.15) is 15.9 Å². The third kappa shape index (κ3) is 4.51. The Labute approximate surface area is 146 Å². The van der Waals surface area contributed by atoms with Crippen LogP contribution in [0.4, 0.5) is 15.8 Å². The van der Waals surface area contributed by atoms with Gasteiger partial charge in [0.1, 0.15) is 5.82 Å². The fourth-order valence-electron chi connectivity index (χ4n) is 2.03. The molecule has 0 aromatic heterocycles. The fraction of sp³-hybridized carbons (Fsp3) is 0.125. The molecule has 0 unspecified atom stereocenters. The van der Waals surface area contributed by atoms with Gasteiger partial charge in [0.15, 0.2) is 6.61 Å². The molecule has 2 aromatic carbocycles. The van der Waals surface area contributed by atoms with E-state index in [1.165, 1.54) is 37.3 Å². The van der Waals surface area contributed by atoms with Crippen molar-refractivity contribution in [1.82, 2.24) is 0 Å². The lowest BCUT2D eigenvalue weighted by Crippen LogP contribution is -2.21. The summed E-state index contributed by atoms with van der Waals surface area (Å²) in [7, 11) is 0. The number of anilines is 1. The molecule has 0 aliphatic carbocycles. The summed E-state index contributed by atoms with van der Waals surface area (Å²) in [6, 6.07) is 7.62. The maximum absolute atomic E-state index is 13.6. The number of hydrogen-bond acceptors (Lipinski definition) is 5. The molecule has 0 fully saturated rings. The van der Waals surface area contributed by atoms with Crippen molar-refractivity contribution in [1.29, 1.82) is 0 Å². The maximum atomic E-state index is 13.6. The lowest BCUT2D eigenvalue weighted by atomic mass is 10.1. The number of amides is 1. The number of carbonyl (C=O) groups is 2. The average Bonchev–Trinajstić information content (AvgIpc) is 2.55. The number of nitro benzene ring substituents is 1. The van der Waals surface area contributed by atoms with E-state index in [1.54, 1.807) is 0 Å². The van der Waals surface area contributed by atoms with Gasteiger partial charge in [0.2, 0.25) is 0 Å². The Morgan fingerprint density at radius 1 is 1.32 bits per heavy atom. The van der Waals surface area contributed by atoms with E-state index in [-0.39, 0.29) is 27.5 Å². The van der Waals surface area contributed by atoms with Crippen molar-refractivity contribution in [2.24, 2.45) is 0 Å². The number of ether oxygens (including phenoxy) is 1. The molecule has 0 spiro atoms. The van der Waals surface area contributed by atoms with Crippen molar-refractivity contribution in [2.75, 3.05) is 11.9 Å². The molecule has 2 aromatic rings. The van der Waals surface area contributed by atoms with Crippen molar-refractivity contribution in [2.45, 2.75) is 6.92 Å². The zero-order chi connectivity index (χ0) is 18.6. The molecule has 1 N–H and O–H groups in total. The number of hydrogen-bond donors (Lipinski definition) is 1. The largest absolute Gasteiger partial charge is 0.452 e. The second-order valence-corrected chi connectivity index (χ2v) is 5.39. The maximum Gasteiger partial charge on any atom is 0.339 e. The molecular formula is C16H12ClFN2O5. The summed E-state index contributed by atoms with van der Waals surface area (Å²) in [6.07, 6.45) is 0. The first-order chi connectivity index (χ1) is 11.8. The highest BCUT2D eigenvalue weighted by molar-refractivity contribution is 6.30. The van der Waals surface area contributed by atoms with E-state index < -0.39 is 29.2 Å². The predicted molar refractivity (Wildman–Crippen MR) is 88.2 cm³/mol. The highest BCUT2D eigenvalue weighted by Gasteiger charge is 2.20. The Morgan fingerprint density at radius 3 is 2.68 bits per heavy atom. The van der Waals surface area contributed by atoms with Gasteiger partial charge in [-0.15, -0.1) is 0 Å². The lowest BCUT2D eigenvalue weighted by Gasteiger charge is -2.09. The Balaban J connectivity index is 2.01. The van der Waals surface area contributed by atoms with Gasteiger partial charge >= 0.3 is 5.97 Å². The molecule has 0 heterocycles. The first kappa shape index (κ1) is 18.3. The Hall–Kier alpha value is -3.00. The SMILES string of the molecule is Cc1c(C(=O)OCC(=O)Nc2ccc(Cl)cc2F)cccc1[N+](=O)[O-]. The van der Waals surface area contributed by atoms with Crippen LogP contribution in [0.5, 0.6) is 0 Å². The van der Waals surface area contributed by atoms with Crippen LogP contribution >= 0.6 is 11.6 Å². The van der Waals surface area contributed by atoms with Crippen LogP contribution in [0.15, 0.2) is 36.4 Å². The van der Waals surface area contributed by atoms with E-state index in [2.05, 4.69) is 5.32 Å². The van der Waals surface area contributed by atoms with Gasteiger partial charge in [-0.1, -0.05) is 17.7 Å². The summed E-state index contributed by atoms with van der Waals surface area (Å²) in [5, 5.41) is 13.3. The molecule has 0 saturated carbocycles. The highest BCUT2D eigenvalue weighted by Crippen LogP contribution is 2.22. The third-order valence-corrected chi connectivity index (χ3v) is 3.50. The average molecular weight is 367 g/mol. The summed E-state index contributed by atoms with van der Waals surface area (Å²) < 4.78 is 18.4. The van der Waals surface area contributed by atoms with Crippen LogP contribution in [-0.2, 0) is 9.53 Å². The Kier molecular flexibility index (Phi) is 5.66. The van der Waals surface area contributed by atoms with Crippen LogP contribution in [0.2, 0.25) is 5.02 Å². The lowest BCUT2D eigenvalue weighted by molar-refractivity contribution is -0.385. The topological polar surface area (TPSA) is 98.5 Å². The van der Waals surface area contributed by atoms with Crippen LogP contribution in [-0.4, -0.2) is 23.4 Å². The molecule has 130 valence electrons. The minimum Gasteiger partial charge on any atom is -0.452 e. The molecule has 1 amide bonds. The van der Waals surface area contributed by atoms with Crippen molar-refractivity contribution in [3.8, 4) is 0 Å². The second-order valence-electron chi connectivity index (χ2n) is 4.96. The molecule has 25 heavy (non-hydrogen) atoms. The van der Waals surface area contributed by atoms with E-state index in [0.717, 1.165) is 6.07 Å². The first-order valence-corrected chi connectivity index (χ1v) is 7.33. The molecule has 2 rings (SSSR count). The normalized spacial score (nSPS) is 10.2. The van der Waals surface area contributed by atoms with Gasteiger partial charge in [0.25, 0.3) is 11.6 Å². The zero-order valence-electron chi connectivity index (χ0n) is 12.9. The van der Waals surface area contributed by atoms with Gasteiger partial charge in [-0.2, -0.15) is 0 Å². The van der Waals surface area contributed by atoms with Crippen molar-refractivity contribution >= 4 is 34.9 Å². The van der Waals surface area contributed by atoms with Crippen molar-refractivity contribution in [3.63, 3.8) is 0 Å². The summed E-state index contributed by atoms with van der Waals surface area (Å²) in [5.41, 5.74) is -0.250. The molecule has 0 aliphatic heterocycles. The molecular weight excluding hydrogens is 355 g/mol. The smallest absolute Gasteiger partial charge is 0.339 e. The molecule has 0 saturated heterocycles. The molecule has 0 atom stereocenters. The molecule has 0 radical (unpaired) electrons. The van der Waals surface area contributed by atoms with Gasteiger partial charge in [-0.05, 0) is 31.2 Å². The number of rotatable bonds is 5. The summed E-state index contributed by atoms with van der Waals surface area (Å²) in [4.78, 5) is 34.0. The Bertz CT molecular complexity index is 856. The highest BCUT2D eigenvalue weighted by atomic mass is 35.5. The van der Waals surface area contributed by atoms with E-state index >= 15 is 0 Å². The predicted octanol–water partition coefficient (Wildman–Crippen LogP) is 3.49. The van der Waals surface area contributed by atoms with Crippen LogP contribution in [0.25, 0.3) is 0 Å². The quantitative estimate of drug-likeness (QED) is 0.496. The fourth-order valence-corrected chi connectivity index (χ4v) is 2.19. The summed E-state index contributed by atoms with van der Waals surface area (Å²) in [6.45, 7) is 0.723. The van der Waals surface area contributed by atoms with E-state index in [4.69, 9.17) is 16.3 Å². The van der Waals surface area contributed by atoms with Gasteiger partial charge in [0.05, 0.1) is 16.2 Å². The number of nitrogens with one attached hydrogen (secondary N) is 1. The van der Waals surface area contributed by atoms with Crippen molar-refractivity contribution < 1.29 is 23.6 Å². The van der Waals surface area contributed by atoms with Crippen LogP contribution < -0.4 is 5.32 Å². The summed E-state index contributed by atoms with van der Waals surface area (Å²) in [5.74, 6) is -2.40. The molecule has 0 aliphatic rings. The van der Waals surface area contributed by atoms with Crippen LogP contribution in [0.3, 0.4) is 0 Å². The number of benzene rings is 2. The van der Waals surface area contributed by atoms with Gasteiger partial charge < -0.3 is 10.1 Å². The number of esters is 1.